The molecule has 0 N–H and O–H groups in total. The molecule has 1 aliphatic rings. The number of aromatic nitrogens is 1. The monoisotopic (exact) mass is 472 g/mol. The number of carbonyl (C=O) groups excluding carboxylic acids is 1. The second-order valence-corrected chi connectivity index (χ2v) is 9.40. The van der Waals surface area contributed by atoms with Crippen molar-refractivity contribution in [1.82, 2.24) is 9.47 Å². The van der Waals surface area contributed by atoms with Gasteiger partial charge < -0.3 is 14.2 Å². The van der Waals surface area contributed by atoms with Gasteiger partial charge in [0.2, 0.25) is 0 Å². The number of ether oxygens (including phenoxy) is 1. The molecule has 0 unspecified atom stereocenters. The van der Waals surface area contributed by atoms with E-state index in [1.54, 1.807) is 0 Å². The summed E-state index contributed by atoms with van der Waals surface area (Å²) in [4.78, 5) is 15.8. The molecule has 1 amide bonds. The van der Waals surface area contributed by atoms with E-state index in [-0.39, 0.29) is 5.91 Å². The average Bonchev–Trinajstić information content (AvgIpc) is 3.53. The highest BCUT2D eigenvalue weighted by molar-refractivity contribution is 5.94. The van der Waals surface area contributed by atoms with Gasteiger partial charge in [0.1, 0.15) is 5.75 Å². The summed E-state index contributed by atoms with van der Waals surface area (Å²) in [6, 6.07) is 35.2. The summed E-state index contributed by atoms with van der Waals surface area (Å²) in [5.74, 6) is 0.922. The van der Waals surface area contributed by atoms with Gasteiger partial charge in [0, 0.05) is 36.8 Å². The van der Waals surface area contributed by atoms with Gasteiger partial charge in [0.15, 0.2) is 0 Å². The number of fused-ring (bicyclic) bond motifs is 2. The Balaban J connectivity index is 1.32. The first-order chi connectivity index (χ1) is 17.7. The molecule has 1 aromatic heterocycles. The lowest BCUT2D eigenvalue weighted by Crippen LogP contribution is -2.31. The third-order valence-electron chi connectivity index (χ3n) is 7.06. The first-order valence-electron chi connectivity index (χ1n) is 12.4. The van der Waals surface area contributed by atoms with E-state index >= 15 is 0 Å². The third kappa shape index (κ3) is 4.27. The minimum Gasteiger partial charge on any atom is -0.493 e. The van der Waals surface area contributed by atoms with E-state index in [1.807, 2.05) is 29.2 Å². The molecular weight excluding hydrogens is 444 g/mol. The highest BCUT2D eigenvalue weighted by Crippen LogP contribution is 2.28. The fourth-order valence-electron chi connectivity index (χ4n) is 5.05. The van der Waals surface area contributed by atoms with Crippen LogP contribution in [0, 0.1) is 0 Å². The molecule has 36 heavy (non-hydrogen) atoms. The lowest BCUT2D eigenvalue weighted by Gasteiger charge is -2.24. The Labute approximate surface area is 211 Å². The van der Waals surface area contributed by atoms with Gasteiger partial charge in [-0.05, 0) is 58.0 Å². The Hall–Kier alpha value is -4.31. The van der Waals surface area contributed by atoms with Crippen molar-refractivity contribution in [3.63, 3.8) is 0 Å². The molecule has 0 spiro atoms. The molecule has 6 rings (SSSR count). The van der Waals surface area contributed by atoms with Crippen LogP contribution in [0.25, 0.3) is 22.0 Å². The molecule has 4 heteroatoms. The number of nitrogens with zero attached hydrogens (tertiary/aromatic N) is 2. The van der Waals surface area contributed by atoms with Crippen LogP contribution in [0.2, 0.25) is 0 Å². The van der Waals surface area contributed by atoms with Gasteiger partial charge in [-0.2, -0.15) is 0 Å². The highest BCUT2D eigenvalue weighted by atomic mass is 16.5. The molecular formula is C32H28N2O2. The maximum atomic E-state index is 13.8. The summed E-state index contributed by atoms with van der Waals surface area (Å²) >= 11 is 0. The number of benzene rings is 4. The number of carbonyl (C=O) groups is 1. The first kappa shape index (κ1) is 22.2. The molecule has 178 valence electrons. The van der Waals surface area contributed by atoms with Crippen molar-refractivity contribution in [2.45, 2.75) is 19.5 Å². The van der Waals surface area contributed by atoms with Gasteiger partial charge >= 0.3 is 0 Å². The van der Waals surface area contributed by atoms with E-state index in [0.717, 1.165) is 29.0 Å². The fraction of sp³-hybridized carbons (Fsp3) is 0.156. The van der Waals surface area contributed by atoms with Crippen molar-refractivity contribution in [3.8, 4) is 16.9 Å². The Kier molecular flexibility index (Phi) is 5.78. The van der Waals surface area contributed by atoms with E-state index in [0.29, 0.717) is 25.3 Å². The Bertz CT molecular complexity index is 1530. The first-order valence-corrected chi connectivity index (χ1v) is 12.4. The van der Waals surface area contributed by atoms with Gasteiger partial charge in [-0.25, -0.2) is 0 Å². The van der Waals surface area contributed by atoms with Crippen LogP contribution in [-0.2, 0) is 26.6 Å². The summed E-state index contributed by atoms with van der Waals surface area (Å²) in [5.41, 5.74) is 7.55. The van der Waals surface area contributed by atoms with Crippen LogP contribution in [-0.4, -0.2) is 22.0 Å². The number of aryl methyl sites for hydroxylation is 1. The van der Waals surface area contributed by atoms with Crippen molar-refractivity contribution < 1.29 is 9.53 Å². The molecule has 0 bridgehead atoms. The summed E-state index contributed by atoms with van der Waals surface area (Å²) in [6.45, 7) is 1.74. The summed E-state index contributed by atoms with van der Waals surface area (Å²) < 4.78 is 7.84. The van der Waals surface area contributed by atoms with Crippen LogP contribution in [0.1, 0.15) is 27.2 Å². The van der Waals surface area contributed by atoms with Crippen molar-refractivity contribution in [3.05, 3.63) is 126 Å². The van der Waals surface area contributed by atoms with Crippen molar-refractivity contribution in [2.24, 2.45) is 7.05 Å². The number of hydrogen-bond donors (Lipinski definition) is 0. The molecule has 0 atom stereocenters. The molecule has 0 radical (unpaired) electrons. The van der Waals surface area contributed by atoms with Gasteiger partial charge in [0.05, 0.1) is 13.2 Å². The molecule has 4 aromatic carbocycles. The lowest BCUT2D eigenvalue weighted by atomic mass is 10.0. The van der Waals surface area contributed by atoms with Gasteiger partial charge in [-0.1, -0.05) is 72.8 Å². The van der Waals surface area contributed by atoms with Crippen molar-refractivity contribution >= 4 is 16.8 Å². The van der Waals surface area contributed by atoms with Crippen LogP contribution in [0.4, 0.5) is 0 Å². The lowest BCUT2D eigenvalue weighted by molar-refractivity contribution is 0.0726. The topological polar surface area (TPSA) is 34.5 Å². The summed E-state index contributed by atoms with van der Waals surface area (Å²) in [7, 11) is 2.07. The third-order valence-corrected chi connectivity index (χ3v) is 7.06. The predicted octanol–water partition coefficient (Wildman–Crippen LogP) is 6.62. The van der Waals surface area contributed by atoms with Gasteiger partial charge in [-0.3, -0.25) is 4.79 Å². The average molecular weight is 473 g/mol. The van der Waals surface area contributed by atoms with Crippen LogP contribution in [0.15, 0.2) is 103 Å². The Morgan fingerprint density at radius 2 is 1.58 bits per heavy atom. The molecule has 2 heterocycles. The Morgan fingerprint density at radius 3 is 2.39 bits per heavy atom. The zero-order valence-corrected chi connectivity index (χ0v) is 20.4. The van der Waals surface area contributed by atoms with E-state index in [2.05, 4.69) is 90.5 Å². The second kappa shape index (κ2) is 9.38. The SMILES string of the molecule is Cn1c(CN(Cc2ccc(-c3ccccc3)cc2)C(=O)c2ccc3c(c2)CCO3)cc2ccccc21. The zero-order valence-electron chi connectivity index (χ0n) is 20.4. The maximum absolute atomic E-state index is 13.8. The minimum atomic E-state index is 0.0297. The molecule has 5 aromatic rings. The van der Waals surface area contributed by atoms with E-state index in [9.17, 15) is 4.79 Å². The molecule has 4 nitrogen and oxygen atoms in total. The molecule has 0 fully saturated rings. The molecule has 0 aliphatic carbocycles. The summed E-state index contributed by atoms with van der Waals surface area (Å²) in [5, 5.41) is 1.18. The maximum Gasteiger partial charge on any atom is 0.254 e. The fourth-order valence-corrected chi connectivity index (χ4v) is 5.05. The van der Waals surface area contributed by atoms with Gasteiger partial charge in [0.25, 0.3) is 5.91 Å². The Morgan fingerprint density at radius 1 is 0.833 bits per heavy atom. The van der Waals surface area contributed by atoms with Crippen LogP contribution < -0.4 is 4.74 Å². The van der Waals surface area contributed by atoms with Crippen LogP contribution in [0.3, 0.4) is 0 Å². The second-order valence-electron chi connectivity index (χ2n) is 9.40. The molecule has 1 aliphatic heterocycles. The van der Waals surface area contributed by atoms with Crippen molar-refractivity contribution in [2.75, 3.05) is 6.61 Å². The molecule has 0 saturated carbocycles. The van der Waals surface area contributed by atoms with Crippen LogP contribution in [0.5, 0.6) is 5.75 Å². The quantitative estimate of drug-likeness (QED) is 0.278. The van der Waals surface area contributed by atoms with E-state index < -0.39 is 0 Å². The highest BCUT2D eigenvalue weighted by Gasteiger charge is 2.21. The largest absolute Gasteiger partial charge is 0.493 e. The number of hydrogen-bond acceptors (Lipinski definition) is 2. The molecule has 0 saturated heterocycles. The number of rotatable bonds is 6. The van der Waals surface area contributed by atoms with E-state index in [1.165, 1.54) is 22.0 Å². The standard InChI is InChI=1S/C32H28N2O2/c1-33-29(20-26-9-5-6-10-30(26)33)22-34(32(35)28-15-16-31-27(19-28)17-18-36-31)21-23-11-13-25(14-12-23)24-7-3-2-4-8-24/h2-16,19-20H,17-18,21-22H2,1H3. The zero-order chi connectivity index (χ0) is 24.5. The predicted molar refractivity (Wildman–Crippen MR) is 144 cm³/mol. The van der Waals surface area contributed by atoms with Crippen molar-refractivity contribution in [1.29, 1.82) is 0 Å². The number of para-hydroxylation sites is 1. The number of amides is 1. The van der Waals surface area contributed by atoms with E-state index in [4.69, 9.17) is 4.74 Å². The normalized spacial score (nSPS) is 12.4. The van der Waals surface area contributed by atoms with Crippen LogP contribution >= 0.6 is 0 Å². The summed E-state index contributed by atoms with van der Waals surface area (Å²) in [6.07, 6.45) is 0.848. The smallest absolute Gasteiger partial charge is 0.254 e. The van der Waals surface area contributed by atoms with Gasteiger partial charge in [-0.15, -0.1) is 0 Å². The minimum absolute atomic E-state index is 0.0297.